The number of thiazole rings is 1. The van der Waals surface area contributed by atoms with E-state index in [4.69, 9.17) is 0 Å². The summed E-state index contributed by atoms with van der Waals surface area (Å²) in [7, 11) is -3.73. The number of likely N-dealkylation sites (tertiary alicyclic amines) is 1. The van der Waals surface area contributed by atoms with Gasteiger partial charge in [-0.1, -0.05) is 0 Å². The van der Waals surface area contributed by atoms with Crippen LogP contribution in [0.2, 0.25) is 0 Å². The number of aromatic nitrogens is 1. The van der Waals surface area contributed by atoms with Crippen molar-refractivity contribution in [1.82, 2.24) is 9.88 Å². The molecule has 1 saturated heterocycles. The lowest BCUT2D eigenvalue weighted by Gasteiger charge is -2.20. The lowest BCUT2D eigenvalue weighted by molar-refractivity contribution is -0.129. The monoisotopic (exact) mass is 408 g/mol. The van der Waals surface area contributed by atoms with E-state index in [1.807, 2.05) is 13.8 Å². The van der Waals surface area contributed by atoms with E-state index in [-0.39, 0.29) is 34.3 Å². The molecule has 0 saturated carbocycles. The van der Waals surface area contributed by atoms with E-state index in [1.54, 1.807) is 10.3 Å². The van der Waals surface area contributed by atoms with Gasteiger partial charge in [-0.2, -0.15) is 0 Å². The summed E-state index contributed by atoms with van der Waals surface area (Å²) in [6.07, 6.45) is 1.70. The molecule has 0 bridgehead atoms. The van der Waals surface area contributed by atoms with Crippen LogP contribution < -0.4 is 10.0 Å². The van der Waals surface area contributed by atoms with Gasteiger partial charge in [0.15, 0.2) is 5.13 Å². The van der Waals surface area contributed by atoms with Crippen LogP contribution in [0.5, 0.6) is 0 Å². The number of hydrogen-bond donors (Lipinski definition) is 2. The van der Waals surface area contributed by atoms with Gasteiger partial charge in [-0.3, -0.25) is 14.3 Å². The molecule has 10 heteroatoms. The molecule has 2 heterocycles. The maximum Gasteiger partial charge on any atom is 0.263 e. The van der Waals surface area contributed by atoms with Gasteiger partial charge in [0.1, 0.15) is 0 Å². The Labute approximate surface area is 161 Å². The number of nitrogens with one attached hydrogen (secondary N) is 2. The summed E-state index contributed by atoms with van der Waals surface area (Å²) in [5.74, 6) is -0.683. The van der Waals surface area contributed by atoms with E-state index < -0.39 is 15.9 Å². The molecule has 0 aliphatic carbocycles. The van der Waals surface area contributed by atoms with E-state index in [0.29, 0.717) is 12.2 Å². The molecule has 2 aromatic rings. The second-order valence-electron chi connectivity index (χ2n) is 6.50. The van der Waals surface area contributed by atoms with Crippen LogP contribution in [0.4, 0.5) is 10.8 Å². The molecule has 2 N–H and O–H groups in total. The van der Waals surface area contributed by atoms with Crippen molar-refractivity contribution in [3.8, 4) is 0 Å². The first-order valence-corrected chi connectivity index (χ1v) is 10.8. The Hall–Kier alpha value is -2.46. The quantitative estimate of drug-likeness (QED) is 0.761. The number of anilines is 2. The van der Waals surface area contributed by atoms with Gasteiger partial charge in [-0.05, 0) is 38.1 Å². The fourth-order valence-electron chi connectivity index (χ4n) is 2.82. The molecule has 0 radical (unpaired) electrons. The molecule has 1 atom stereocenters. The summed E-state index contributed by atoms with van der Waals surface area (Å²) in [6, 6.07) is 5.92. The first kappa shape index (κ1) is 19.3. The first-order chi connectivity index (χ1) is 12.8. The van der Waals surface area contributed by atoms with Gasteiger partial charge in [0, 0.05) is 36.3 Å². The average Bonchev–Trinajstić information content (AvgIpc) is 3.24. The lowest BCUT2D eigenvalue weighted by atomic mass is 10.1. The first-order valence-electron chi connectivity index (χ1n) is 8.39. The highest BCUT2D eigenvalue weighted by Gasteiger charge is 2.35. The van der Waals surface area contributed by atoms with Gasteiger partial charge in [0.25, 0.3) is 10.0 Å². The third kappa shape index (κ3) is 4.45. The van der Waals surface area contributed by atoms with Crippen molar-refractivity contribution in [2.24, 2.45) is 5.92 Å². The molecule has 1 fully saturated rings. The number of nitrogens with zero attached hydrogens (tertiary/aromatic N) is 2. The zero-order chi connectivity index (χ0) is 19.6. The van der Waals surface area contributed by atoms with E-state index in [2.05, 4.69) is 15.0 Å². The molecule has 1 aromatic heterocycles. The van der Waals surface area contributed by atoms with Crippen LogP contribution in [0.3, 0.4) is 0 Å². The Bertz CT molecular complexity index is 924. The van der Waals surface area contributed by atoms with Gasteiger partial charge in [-0.15, -0.1) is 11.3 Å². The summed E-state index contributed by atoms with van der Waals surface area (Å²) in [5, 5.41) is 4.70. The molecule has 0 unspecified atom stereocenters. The Morgan fingerprint density at radius 1 is 1.30 bits per heavy atom. The maximum absolute atomic E-state index is 12.4. The van der Waals surface area contributed by atoms with Crippen molar-refractivity contribution in [2.75, 3.05) is 16.6 Å². The van der Waals surface area contributed by atoms with Gasteiger partial charge in [-0.25, -0.2) is 13.4 Å². The standard InChI is InChI=1S/C17H20N4O4S2/c1-11(2)21-10-12(9-15(21)22)16(23)19-13-3-5-14(6-4-13)27(24,25)20-17-18-7-8-26-17/h3-8,11-12H,9-10H2,1-2H3,(H,18,20)(H,19,23)/t12-/m0/s1. The predicted molar refractivity (Wildman–Crippen MR) is 103 cm³/mol. The van der Waals surface area contributed by atoms with Crippen molar-refractivity contribution >= 4 is 44.0 Å². The fraction of sp³-hybridized carbons (Fsp3) is 0.353. The van der Waals surface area contributed by atoms with E-state index in [0.717, 1.165) is 0 Å². The van der Waals surface area contributed by atoms with Crippen LogP contribution in [0.15, 0.2) is 40.7 Å². The number of amides is 2. The average molecular weight is 409 g/mol. The number of hydrogen-bond acceptors (Lipinski definition) is 6. The van der Waals surface area contributed by atoms with Crippen molar-refractivity contribution in [2.45, 2.75) is 31.2 Å². The normalized spacial score (nSPS) is 17.4. The van der Waals surface area contributed by atoms with Crippen molar-refractivity contribution in [3.63, 3.8) is 0 Å². The minimum Gasteiger partial charge on any atom is -0.339 e. The number of carbonyl (C=O) groups excluding carboxylic acids is 2. The molecular formula is C17H20N4O4S2. The zero-order valence-corrected chi connectivity index (χ0v) is 16.5. The highest BCUT2D eigenvalue weighted by atomic mass is 32.2. The number of benzene rings is 1. The summed E-state index contributed by atoms with van der Waals surface area (Å²) in [4.78, 5) is 30.0. The molecule has 1 aliphatic rings. The second kappa shape index (κ2) is 7.65. The fourth-order valence-corrected chi connectivity index (χ4v) is 4.60. The van der Waals surface area contributed by atoms with E-state index in [9.17, 15) is 18.0 Å². The molecule has 144 valence electrons. The van der Waals surface area contributed by atoms with Crippen LogP contribution in [0.25, 0.3) is 0 Å². The Morgan fingerprint density at radius 3 is 2.56 bits per heavy atom. The molecule has 3 rings (SSSR count). The van der Waals surface area contributed by atoms with Crippen LogP contribution >= 0.6 is 11.3 Å². The minimum atomic E-state index is -3.73. The lowest BCUT2D eigenvalue weighted by Crippen LogP contribution is -2.33. The van der Waals surface area contributed by atoms with Crippen LogP contribution in [0, 0.1) is 5.92 Å². The van der Waals surface area contributed by atoms with Gasteiger partial charge in [0.05, 0.1) is 10.8 Å². The van der Waals surface area contributed by atoms with Crippen molar-refractivity contribution < 1.29 is 18.0 Å². The number of sulfonamides is 1. The van der Waals surface area contributed by atoms with Crippen molar-refractivity contribution in [1.29, 1.82) is 0 Å². The molecule has 2 amide bonds. The smallest absolute Gasteiger partial charge is 0.263 e. The van der Waals surface area contributed by atoms with Crippen LogP contribution in [-0.2, 0) is 19.6 Å². The van der Waals surface area contributed by atoms with Crippen LogP contribution in [0.1, 0.15) is 20.3 Å². The number of carbonyl (C=O) groups is 2. The summed E-state index contributed by atoms with van der Waals surface area (Å²) in [6.45, 7) is 4.22. The summed E-state index contributed by atoms with van der Waals surface area (Å²) in [5.41, 5.74) is 0.476. The molecule has 27 heavy (non-hydrogen) atoms. The van der Waals surface area contributed by atoms with E-state index in [1.165, 1.54) is 41.8 Å². The maximum atomic E-state index is 12.4. The minimum absolute atomic E-state index is 0.0279. The zero-order valence-electron chi connectivity index (χ0n) is 14.9. The molecule has 1 aromatic carbocycles. The topological polar surface area (TPSA) is 108 Å². The van der Waals surface area contributed by atoms with Gasteiger partial charge >= 0.3 is 0 Å². The third-order valence-corrected chi connectivity index (χ3v) is 6.41. The van der Waals surface area contributed by atoms with Gasteiger partial charge < -0.3 is 10.2 Å². The highest BCUT2D eigenvalue weighted by Crippen LogP contribution is 2.23. The summed E-state index contributed by atoms with van der Waals surface area (Å²) < 4.78 is 27.0. The highest BCUT2D eigenvalue weighted by molar-refractivity contribution is 7.93. The largest absolute Gasteiger partial charge is 0.339 e. The SMILES string of the molecule is CC(C)N1C[C@@H](C(=O)Nc2ccc(S(=O)(=O)Nc3nccs3)cc2)CC1=O. The second-order valence-corrected chi connectivity index (χ2v) is 9.07. The van der Waals surface area contributed by atoms with E-state index >= 15 is 0 Å². The van der Waals surface area contributed by atoms with Crippen molar-refractivity contribution in [3.05, 3.63) is 35.8 Å². The Balaban J connectivity index is 1.64. The Morgan fingerprint density at radius 2 is 2.00 bits per heavy atom. The molecule has 1 aliphatic heterocycles. The molecule has 8 nitrogen and oxygen atoms in total. The van der Waals surface area contributed by atoms with Crippen LogP contribution in [-0.4, -0.2) is 42.7 Å². The number of rotatable bonds is 6. The summed E-state index contributed by atoms with van der Waals surface area (Å²) >= 11 is 1.18. The third-order valence-electron chi connectivity index (χ3n) is 4.24. The Kier molecular flexibility index (Phi) is 5.47. The predicted octanol–water partition coefficient (Wildman–Crippen LogP) is 2.14. The molecule has 0 spiro atoms. The molecular weight excluding hydrogens is 388 g/mol. The van der Waals surface area contributed by atoms with Gasteiger partial charge in [0.2, 0.25) is 11.8 Å².